The molecule has 0 saturated heterocycles. The third-order valence-corrected chi connectivity index (χ3v) is 3.42. The van der Waals surface area contributed by atoms with E-state index in [0.29, 0.717) is 12.1 Å². The maximum Gasteiger partial charge on any atom is 0.161 e. The fourth-order valence-electron chi connectivity index (χ4n) is 2.26. The number of carbonyl (C=O) groups excluding carboxylic acids is 1. The maximum atomic E-state index is 11.3. The van der Waals surface area contributed by atoms with Gasteiger partial charge in [0.25, 0.3) is 0 Å². The van der Waals surface area contributed by atoms with Gasteiger partial charge in [0.2, 0.25) is 0 Å². The standard InChI is InChI=1S/C12H11NO.C7H10N2/c1-8-11(9(2)14)7-10-5-3-4-6-12(10)13-8;8-5-4-7-3-1-2-6-9-7/h3-7H,1-2H3;1-3,6H,4-5,8H2. The Hall–Kier alpha value is -2.59. The number of nitrogens with two attached hydrogens (primary N) is 1. The van der Waals surface area contributed by atoms with Crippen molar-refractivity contribution in [1.29, 1.82) is 0 Å². The topological polar surface area (TPSA) is 68.9 Å². The van der Waals surface area contributed by atoms with Gasteiger partial charge in [0.15, 0.2) is 5.78 Å². The van der Waals surface area contributed by atoms with Crippen LogP contribution < -0.4 is 5.73 Å². The first-order chi connectivity index (χ1) is 11.1. The van der Waals surface area contributed by atoms with Gasteiger partial charge in [0.05, 0.1) is 5.52 Å². The molecule has 0 fully saturated rings. The molecule has 118 valence electrons. The first-order valence-electron chi connectivity index (χ1n) is 7.59. The first kappa shape index (κ1) is 16.8. The van der Waals surface area contributed by atoms with Crippen molar-refractivity contribution in [3.8, 4) is 0 Å². The van der Waals surface area contributed by atoms with E-state index in [0.717, 1.165) is 28.7 Å². The highest BCUT2D eigenvalue weighted by Gasteiger charge is 2.06. The van der Waals surface area contributed by atoms with Gasteiger partial charge in [-0.1, -0.05) is 24.3 Å². The summed E-state index contributed by atoms with van der Waals surface area (Å²) in [6, 6.07) is 15.6. The van der Waals surface area contributed by atoms with Crippen LogP contribution in [-0.2, 0) is 6.42 Å². The van der Waals surface area contributed by atoms with Gasteiger partial charge < -0.3 is 5.73 Å². The summed E-state index contributed by atoms with van der Waals surface area (Å²) in [5.74, 6) is 0.0701. The molecule has 0 spiro atoms. The lowest BCUT2D eigenvalue weighted by Gasteiger charge is -2.03. The van der Waals surface area contributed by atoms with Crippen LogP contribution in [0.4, 0.5) is 0 Å². The zero-order chi connectivity index (χ0) is 16.7. The number of aryl methyl sites for hydroxylation is 1. The molecular weight excluding hydrogens is 286 g/mol. The van der Waals surface area contributed by atoms with Crippen LogP contribution in [0.1, 0.15) is 28.7 Å². The minimum atomic E-state index is 0.0701. The molecule has 1 aromatic carbocycles. The summed E-state index contributed by atoms with van der Waals surface area (Å²) in [5.41, 5.74) is 8.84. The van der Waals surface area contributed by atoms with Gasteiger partial charge >= 0.3 is 0 Å². The Morgan fingerprint density at radius 3 is 2.52 bits per heavy atom. The summed E-state index contributed by atoms with van der Waals surface area (Å²) in [6.07, 6.45) is 2.66. The molecular formula is C19H21N3O. The number of benzene rings is 1. The lowest BCUT2D eigenvalue weighted by Crippen LogP contribution is -2.03. The maximum absolute atomic E-state index is 11.3. The van der Waals surface area contributed by atoms with Crippen molar-refractivity contribution in [2.45, 2.75) is 20.3 Å². The van der Waals surface area contributed by atoms with E-state index in [2.05, 4.69) is 9.97 Å². The number of pyridine rings is 2. The zero-order valence-corrected chi connectivity index (χ0v) is 13.5. The van der Waals surface area contributed by atoms with Gasteiger partial charge in [-0.2, -0.15) is 0 Å². The third-order valence-electron chi connectivity index (χ3n) is 3.42. The summed E-state index contributed by atoms with van der Waals surface area (Å²) in [4.78, 5) is 19.7. The molecule has 2 aromatic heterocycles. The quantitative estimate of drug-likeness (QED) is 0.754. The van der Waals surface area contributed by atoms with E-state index >= 15 is 0 Å². The van der Waals surface area contributed by atoms with Crippen molar-refractivity contribution in [3.05, 3.63) is 71.7 Å². The molecule has 4 nitrogen and oxygen atoms in total. The van der Waals surface area contributed by atoms with E-state index in [1.54, 1.807) is 13.1 Å². The second-order valence-corrected chi connectivity index (χ2v) is 5.23. The Kier molecular flexibility index (Phi) is 5.94. The Morgan fingerprint density at radius 2 is 1.87 bits per heavy atom. The number of rotatable bonds is 3. The predicted octanol–water partition coefficient (Wildman–Crippen LogP) is 3.33. The van der Waals surface area contributed by atoms with Crippen molar-refractivity contribution < 1.29 is 4.79 Å². The summed E-state index contributed by atoms with van der Waals surface area (Å²) >= 11 is 0. The van der Waals surface area contributed by atoms with Crippen LogP contribution in [0.25, 0.3) is 10.9 Å². The Bertz CT molecular complexity index is 785. The van der Waals surface area contributed by atoms with Gasteiger partial charge in [-0.3, -0.25) is 14.8 Å². The van der Waals surface area contributed by atoms with Crippen molar-refractivity contribution in [2.24, 2.45) is 5.73 Å². The monoisotopic (exact) mass is 307 g/mol. The summed E-state index contributed by atoms with van der Waals surface area (Å²) in [5, 5.41) is 1.02. The summed E-state index contributed by atoms with van der Waals surface area (Å²) in [7, 11) is 0. The Labute approximate surface area is 136 Å². The molecule has 0 bridgehead atoms. The van der Waals surface area contributed by atoms with Crippen LogP contribution in [0.15, 0.2) is 54.7 Å². The van der Waals surface area contributed by atoms with E-state index in [1.165, 1.54) is 0 Å². The van der Waals surface area contributed by atoms with Gasteiger partial charge in [-0.05, 0) is 44.7 Å². The van der Waals surface area contributed by atoms with E-state index < -0.39 is 0 Å². The van der Waals surface area contributed by atoms with Gasteiger partial charge in [0.1, 0.15) is 0 Å². The Balaban J connectivity index is 0.000000185. The average molecular weight is 307 g/mol. The van der Waals surface area contributed by atoms with Crippen molar-refractivity contribution >= 4 is 16.7 Å². The molecule has 0 aliphatic carbocycles. The third kappa shape index (κ3) is 4.69. The molecule has 0 radical (unpaired) electrons. The largest absolute Gasteiger partial charge is 0.330 e. The number of hydrogen-bond acceptors (Lipinski definition) is 4. The normalized spacial score (nSPS) is 10.0. The number of hydrogen-bond donors (Lipinski definition) is 1. The highest BCUT2D eigenvalue weighted by molar-refractivity contribution is 5.98. The van der Waals surface area contributed by atoms with Gasteiger partial charge in [-0.25, -0.2) is 0 Å². The van der Waals surface area contributed by atoms with E-state index in [4.69, 9.17) is 5.73 Å². The smallest absolute Gasteiger partial charge is 0.161 e. The van der Waals surface area contributed by atoms with Crippen LogP contribution in [-0.4, -0.2) is 22.3 Å². The molecule has 23 heavy (non-hydrogen) atoms. The predicted molar refractivity (Wildman–Crippen MR) is 93.5 cm³/mol. The SMILES string of the molecule is CC(=O)c1cc2ccccc2nc1C.NCCc1ccccn1. The molecule has 3 rings (SSSR count). The second kappa shape index (κ2) is 8.15. The number of para-hydroxylation sites is 1. The molecule has 0 aliphatic rings. The minimum absolute atomic E-state index is 0.0701. The van der Waals surface area contributed by atoms with E-state index in [-0.39, 0.29) is 5.78 Å². The lowest BCUT2D eigenvalue weighted by molar-refractivity contribution is 0.101. The van der Waals surface area contributed by atoms with Crippen LogP contribution in [0, 0.1) is 6.92 Å². The van der Waals surface area contributed by atoms with Crippen molar-refractivity contribution in [1.82, 2.24) is 9.97 Å². The molecule has 2 N–H and O–H groups in total. The van der Waals surface area contributed by atoms with Crippen LogP contribution in [0.5, 0.6) is 0 Å². The summed E-state index contributed by atoms with van der Waals surface area (Å²) in [6.45, 7) is 4.11. The lowest BCUT2D eigenvalue weighted by atomic mass is 10.1. The molecule has 0 amide bonds. The number of fused-ring (bicyclic) bond motifs is 1. The molecule has 3 aromatic rings. The molecule has 4 heteroatoms. The number of ketones is 1. The molecule has 2 heterocycles. The second-order valence-electron chi connectivity index (χ2n) is 5.23. The van der Waals surface area contributed by atoms with Crippen molar-refractivity contribution in [2.75, 3.05) is 6.54 Å². The molecule has 0 aliphatic heterocycles. The highest BCUT2D eigenvalue weighted by atomic mass is 16.1. The first-order valence-corrected chi connectivity index (χ1v) is 7.59. The molecule has 0 atom stereocenters. The van der Waals surface area contributed by atoms with Gasteiger partial charge in [-0.15, -0.1) is 0 Å². The number of Topliss-reactive ketones (excluding diaryl/α,β-unsaturated/α-hetero) is 1. The number of aromatic nitrogens is 2. The molecule has 0 saturated carbocycles. The highest BCUT2D eigenvalue weighted by Crippen LogP contribution is 2.16. The number of carbonyl (C=O) groups is 1. The Morgan fingerprint density at radius 1 is 1.13 bits per heavy atom. The van der Waals surface area contributed by atoms with E-state index in [1.807, 2.05) is 55.5 Å². The van der Waals surface area contributed by atoms with E-state index in [9.17, 15) is 4.79 Å². The average Bonchev–Trinajstić information content (AvgIpc) is 2.56. The minimum Gasteiger partial charge on any atom is -0.330 e. The fraction of sp³-hybridized carbons (Fsp3) is 0.211. The summed E-state index contributed by atoms with van der Waals surface area (Å²) < 4.78 is 0. The van der Waals surface area contributed by atoms with Crippen LogP contribution in [0.3, 0.4) is 0 Å². The fourth-order valence-corrected chi connectivity index (χ4v) is 2.26. The van der Waals surface area contributed by atoms with Gasteiger partial charge in [0, 0.05) is 35.0 Å². The number of nitrogens with zero attached hydrogens (tertiary/aromatic N) is 2. The zero-order valence-electron chi connectivity index (χ0n) is 13.5. The molecule has 0 unspecified atom stereocenters. The van der Waals surface area contributed by atoms with Crippen LogP contribution in [0.2, 0.25) is 0 Å². The van der Waals surface area contributed by atoms with Crippen molar-refractivity contribution in [3.63, 3.8) is 0 Å². The van der Waals surface area contributed by atoms with Crippen LogP contribution >= 0.6 is 0 Å².